The first-order chi connectivity index (χ1) is 41.4. The Morgan fingerprint density at radius 2 is 0.548 bits per heavy atom. The van der Waals surface area contributed by atoms with Gasteiger partial charge < -0.3 is 0 Å². The van der Waals surface area contributed by atoms with Crippen molar-refractivity contribution in [2.75, 3.05) is 0 Å². The van der Waals surface area contributed by atoms with Gasteiger partial charge in [-0.25, -0.2) is 0 Å². The molecule has 0 rings (SSSR count). The minimum absolute atomic E-state index is 0.252. The molecule has 0 heterocycles. The predicted molar refractivity (Wildman–Crippen MR) is 389 cm³/mol. The molecule has 0 amide bonds. The van der Waals surface area contributed by atoms with Crippen molar-refractivity contribution in [1.82, 2.24) is 0 Å². The number of unbranched alkanes of at least 4 members (excludes halogenated alkanes) is 54. The van der Waals surface area contributed by atoms with Crippen LogP contribution in [0.1, 0.15) is 459 Å². The van der Waals surface area contributed by atoms with Crippen LogP contribution in [0.15, 0.2) is 60.3 Å². The van der Waals surface area contributed by atoms with Gasteiger partial charge in [-0.15, -0.1) is 0 Å². The lowest BCUT2D eigenvalue weighted by Gasteiger charge is -2.34. The molecule has 0 nitrogen and oxygen atoms in total. The molecular formula is C84H160. The van der Waals surface area contributed by atoms with Crippen molar-refractivity contribution < 1.29 is 0 Å². The first-order valence-corrected chi connectivity index (χ1v) is 39.8. The zero-order chi connectivity index (χ0) is 60.9. The summed E-state index contributed by atoms with van der Waals surface area (Å²) in [5.74, 6) is 1.25. The van der Waals surface area contributed by atoms with E-state index in [0.29, 0.717) is 11.8 Å². The summed E-state index contributed by atoms with van der Waals surface area (Å²) >= 11 is 0. The van der Waals surface area contributed by atoms with Crippen LogP contribution < -0.4 is 0 Å². The number of allylic oxidation sites excluding steroid dienone is 10. The summed E-state index contributed by atoms with van der Waals surface area (Å²) in [6.45, 7) is 16.9. The van der Waals surface area contributed by atoms with Gasteiger partial charge in [-0.1, -0.05) is 423 Å². The highest BCUT2D eigenvalue weighted by molar-refractivity contribution is 5.18. The van der Waals surface area contributed by atoms with Crippen LogP contribution in [0.2, 0.25) is 0 Å². The van der Waals surface area contributed by atoms with Crippen LogP contribution >= 0.6 is 0 Å². The molecule has 0 N–H and O–H groups in total. The molecule has 0 aliphatic carbocycles. The molecule has 0 fully saturated rings. The maximum Gasteiger partial charge on any atom is -0.0174 e. The van der Waals surface area contributed by atoms with Gasteiger partial charge >= 0.3 is 0 Å². The van der Waals surface area contributed by atoms with Crippen LogP contribution in [-0.4, -0.2) is 0 Å². The molecular weight excluding hydrogens is 1010 g/mol. The van der Waals surface area contributed by atoms with Gasteiger partial charge in [0.05, 0.1) is 0 Å². The molecule has 0 bridgehead atoms. The normalized spacial score (nSPS) is 13.4. The van der Waals surface area contributed by atoms with Gasteiger partial charge in [-0.3, -0.25) is 0 Å². The van der Waals surface area contributed by atoms with Gasteiger partial charge in [-0.05, 0) is 114 Å². The molecule has 0 aromatic carbocycles. The zero-order valence-corrected chi connectivity index (χ0v) is 59.6. The van der Waals surface area contributed by atoms with Crippen molar-refractivity contribution in [1.29, 1.82) is 0 Å². The Balaban J connectivity index is 5.88. The first kappa shape index (κ1) is 82.7. The van der Waals surface area contributed by atoms with Gasteiger partial charge in [0.1, 0.15) is 0 Å². The van der Waals surface area contributed by atoms with E-state index in [0.717, 1.165) is 0 Å². The van der Waals surface area contributed by atoms with Crippen molar-refractivity contribution in [3.63, 3.8) is 0 Å². The van der Waals surface area contributed by atoms with Crippen molar-refractivity contribution in [2.24, 2.45) is 17.3 Å². The predicted octanol–water partition coefficient (Wildman–Crippen LogP) is 31.5. The maximum atomic E-state index is 2.74. The minimum atomic E-state index is 0.252. The van der Waals surface area contributed by atoms with Crippen molar-refractivity contribution in [3.8, 4) is 0 Å². The Bertz CT molecular complexity index is 1370. The van der Waals surface area contributed by atoms with E-state index in [4.69, 9.17) is 0 Å². The highest BCUT2D eigenvalue weighted by Gasteiger charge is 2.28. The standard InChI is InChI=1S/C84H160/c1-8-13-18-23-28-32-36-39-42-45-47-50-53-58-63-68-74-81(73-67-62-57-27-22-17-12-5)76-72-77-82(75-69-64-59-54-51-48-44-41-38-34-30-25-20-15-10-3)80-83(84(6,7)79-71-66-61-56-35-31-26-21-16-11-4)78-70-65-60-55-52-49-46-43-40-37-33-29-24-19-14-9-2/h66,68-71,73-75,78,82-83H,8-65,67,72,76-77,79-80H2,1-7H3. The fourth-order valence-corrected chi connectivity index (χ4v) is 13.2. The second kappa shape index (κ2) is 70.8. The van der Waals surface area contributed by atoms with E-state index in [9.17, 15) is 0 Å². The molecule has 0 saturated carbocycles. The van der Waals surface area contributed by atoms with Gasteiger partial charge in [0.25, 0.3) is 0 Å². The van der Waals surface area contributed by atoms with Crippen molar-refractivity contribution in [3.05, 3.63) is 60.3 Å². The van der Waals surface area contributed by atoms with Crippen molar-refractivity contribution >= 4 is 0 Å². The molecule has 0 saturated heterocycles. The van der Waals surface area contributed by atoms with Crippen LogP contribution in [0.3, 0.4) is 0 Å². The van der Waals surface area contributed by atoms with E-state index in [1.54, 1.807) is 5.57 Å². The third kappa shape index (κ3) is 63.7. The van der Waals surface area contributed by atoms with E-state index in [2.05, 4.69) is 103 Å². The maximum absolute atomic E-state index is 2.74. The highest BCUT2D eigenvalue weighted by Crippen LogP contribution is 2.39. The summed E-state index contributed by atoms with van der Waals surface area (Å²) in [5, 5.41) is 0. The van der Waals surface area contributed by atoms with Crippen LogP contribution in [0.5, 0.6) is 0 Å². The van der Waals surface area contributed by atoms with Gasteiger partial charge in [0, 0.05) is 0 Å². The number of hydrogen-bond donors (Lipinski definition) is 0. The van der Waals surface area contributed by atoms with Crippen molar-refractivity contribution in [2.45, 2.75) is 459 Å². The monoisotopic (exact) mass is 1170 g/mol. The largest absolute Gasteiger partial charge is 0.0885 e. The summed E-state index contributed by atoms with van der Waals surface area (Å²) in [6, 6.07) is 0. The van der Waals surface area contributed by atoms with E-state index in [1.807, 2.05) is 0 Å². The lowest BCUT2D eigenvalue weighted by molar-refractivity contribution is 0.227. The van der Waals surface area contributed by atoms with Crippen LogP contribution in [0.4, 0.5) is 0 Å². The summed E-state index contributed by atoms with van der Waals surface area (Å²) in [7, 11) is 0. The smallest absolute Gasteiger partial charge is 0.0174 e. The lowest BCUT2D eigenvalue weighted by Crippen LogP contribution is -2.24. The summed E-state index contributed by atoms with van der Waals surface area (Å²) < 4.78 is 0. The van der Waals surface area contributed by atoms with Gasteiger partial charge in [-0.2, -0.15) is 0 Å². The molecule has 2 atom stereocenters. The zero-order valence-electron chi connectivity index (χ0n) is 59.6. The topological polar surface area (TPSA) is 0 Å². The van der Waals surface area contributed by atoms with E-state index in [1.165, 1.54) is 411 Å². The molecule has 0 aromatic heterocycles. The third-order valence-corrected chi connectivity index (χ3v) is 19.4. The molecule has 0 spiro atoms. The fraction of sp³-hybridized carbons (Fsp3) is 0.881. The lowest BCUT2D eigenvalue weighted by atomic mass is 9.71. The molecule has 0 aliphatic rings. The van der Waals surface area contributed by atoms with Gasteiger partial charge in [0.15, 0.2) is 0 Å². The van der Waals surface area contributed by atoms with E-state index in [-0.39, 0.29) is 5.41 Å². The second-order valence-corrected chi connectivity index (χ2v) is 28.5. The Hall–Kier alpha value is -1.30. The molecule has 0 radical (unpaired) electrons. The highest BCUT2D eigenvalue weighted by atomic mass is 14.3. The van der Waals surface area contributed by atoms with Crippen LogP contribution in [0, 0.1) is 17.3 Å². The molecule has 2 unspecified atom stereocenters. The average Bonchev–Trinajstić information content (AvgIpc) is 3.67. The Labute approximate surface area is 534 Å². The SMILES string of the molecule is CCCCCCCCC=C(C=CCCCCCCCCCCCCCCCC)CCCC(C=CCCCCCCCCCCCCCCC)CC(C=CCCCCCCCCCCCCCCCC)C(C)(C)CC=CCCCCCCCCC. The number of hydrogen-bond acceptors (Lipinski definition) is 0. The summed E-state index contributed by atoms with van der Waals surface area (Å²) in [4.78, 5) is 0. The van der Waals surface area contributed by atoms with E-state index < -0.39 is 0 Å². The second-order valence-electron chi connectivity index (χ2n) is 28.5. The number of rotatable bonds is 71. The van der Waals surface area contributed by atoms with E-state index >= 15 is 0 Å². The van der Waals surface area contributed by atoms with Gasteiger partial charge in [0.2, 0.25) is 0 Å². The average molecular weight is 1170 g/mol. The quantitative estimate of drug-likeness (QED) is 0.0323. The fourth-order valence-electron chi connectivity index (χ4n) is 13.2. The Kier molecular flexibility index (Phi) is 69.7. The summed E-state index contributed by atoms with van der Waals surface area (Å²) in [5.41, 5.74) is 1.89. The summed E-state index contributed by atoms with van der Waals surface area (Å²) in [6.07, 6.45) is 114. The molecule has 84 heavy (non-hydrogen) atoms. The van der Waals surface area contributed by atoms with Crippen LogP contribution in [0.25, 0.3) is 0 Å². The molecule has 0 aliphatic heterocycles. The Morgan fingerprint density at radius 1 is 0.274 bits per heavy atom. The third-order valence-electron chi connectivity index (χ3n) is 19.4. The molecule has 0 heteroatoms. The van der Waals surface area contributed by atoms with Crippen LogP contribution in [-0.2, 0) is 0 Å². The Morgan fingerprint density at radius 3 is 0.881 bits per heavy atom. The minimum Gasteiger partial charge on any atom is -0.0885 e. The molecule has 0 aromatic rings. The first-order valence-electron chi connectivity index (χ1n) is 39.8. The molecule has 496 valence electrons.